The second-order valence-corrected chi connectivity index (χ2v) is 1.73. The van der Waals surface area contributed by atoms with Crippen molar-refractivity contribution in [2.45, 2.75) is 19.8 Å². The minimum absolute atomic E-state index is 0. The molecule has 0 rings (SSSR count). The summed E-state index contributed by atoms with van der Waals surface area (Å²) in [6, 6.07) is 0. The zero-order valence-corrected chi connectivity index (χ0v) is 8.72. The van der Waals surface area contributed by atoms with E-state index in [1.807, 2.05) is 6.92 Å². The first-order valence-electron chi connectivity index (χ1n) is 3.10. The second-order valence-electron chi connectivity index (χ2n) is 1.73. The van der Waals surface area contributed by atoms with Gasteiger partial charge in [-0.15, -0.1) is 0 Å². The van der Waals surface area contributed by atoms with Crippen LogP contribution in [0.3, 0.4) is 0 Å². The van der Waals surface area contributed by atoms with Crippen molar-refractivity contribution in [2.24, 2.45) is 0 Å². The fraction of sp³-hybridized carbons (Fsp3) is 0.571. The smallest absolute Gasteiger partial charge is 0.330 e. The first kappa shape index (κ1) is 12.8. The predicted molar refractivity (Wildman–Crippen MR) is 41.8 cm³/mol. The van der Waals surface area contributed by atoms with Gasteiger partial charge in [-0.2, -0.15) is 0 Å². The van der Waals surface area contributed by atoms with Crippen LogP contribution in [0.4, 0.5) is 0 Å². The van der Waals surface area contributed by atoms with Gasteiger partial charge in [-0.3, -0.25) is 0 Å². The van der Waals surface area contributed by atoms with E-state index in [1.54, 1.807) is 0 Å². The molecule has 0 aromatic rings. The maximum Gasteiger partial charge on any atom is 0.330 e. The number of rotatable bonds is 4. The predicted octanol–water partition coefficient (Wildman–Crippen LogP) is 1.13. The molecular formula is C7H12NaO2. The van der Waals surface area contributed by atoms with Crippen molar-refractivity contribution in [1.82, 2.24) is 0 Å². The Labute approximate surface area is 83.9 Å². The molecule has 0 atom stereocenters. The fourth-order valence-electron chi connectivity index (χ4n) is 0.376. The first-order valence-corrected chi connectivity index (χ1v) is 3.10. The quantitative estimate of drug-likeness (QED) is 0.260. The monoisotopic (exact) mass is 151 g/mol. The number of hydrogen-bond acceptors (Lipinski definition) is 2. The molecule has 0 aliphatic heterocycles. The molecule has 0 unspecified atom stereocenters. The van der Waals surface area contributed by atoms with E-state index in [-0.39, 0.29) is 35.5 Å². The van der Waals surface area contributed by atoms with Gasteiger partial charge in [0.2, 0.25) is 0 Å². The van der Waals surface area contributed by atoms with Crippen LogP contribution >= 0.6 is 0 Å². The van der Waals surface area contributed by atoms with Crippen LogP contribution in [0.1, 0.15) is 19.8 Å². The maximum atomic E-state index is 10.3. The standard InChI is InChI=1S/C7H12O2.Na/c1-3-5-6-9-7(8)4-2;/h4H,2-3,5-6H2,1H3;. The largest absolute Gasteiger partial charge is 0.463 e. The summed E-state index contributed by atoms with van der Waals surface area (Å²) in [5.74, 6) is -0.330. The van der Waals surface area contributed by atoms with Crippen LogP contribution in [0.5, 0.6) is 0 Å². The molecule has 3 heteroatoms. The number of carbonyl (C=O) groups excluding carboxylic acids is 1. The summed E-state index contributed by atoms with van der Waals surface area (Å²) in [4.78, 5) is 10.3. The van der Waals surface area contributed by atoms with E-state index in [9.17, 15) is 4.79 Å². The summed E-state index contributed by atoms with van der Waals surface area (Å²) in [7, 11) is 0. The number of esters is 1. The topological polar surface area (TPSA) is 26.3 Å². The minimum Gasteiger partial charge on any atom is -0.463 e. The van der Waals surface area contributed by atoms with Crippen LogP contribution in [0.25, 0.3) is 0 Å². The first-order chi connectivity index (χ1) is 4.31. The Balaban J connectivity index is 0. The third kappa shape index (κ3) is 8.21. The van der Waals surface area contributed by atoms with Gasteiger partial charge in [0, 0.05) is 35.6 Å². The van der Waals surface area contributed by atoms with E-state index >= 15 is 0 Å². The van der Waals surface area contributed by atoms with Crippen LogP contribution < -0.4 is 0 Å². The van der Waals surface area contributed by atoms with E-state index in [1.165, 1.54) is 6.08 Å². The van der Waals surface area contributed by atoms with Gasteiger partial charge in [-0.05, 0) is 6.42 Å². The minimum atomic E-state index is -0.330. The molecular weight excluding hydrogens is 139 g/mol. The summed E-state index contributed by atoms with van der Waals surface area (Å²) < 4.78 is 4.67. The molecule has 0 N–H and O–H groups in total. The van der Waals surface area contributed by atoms with Gasteiger partial charge in [-0.1, -0.05) is 19.9 Å². The van der Waals surface area contributed by atoms with Crippen molar-refractivity contribution in [3.8, 4) is 0 Å². The maximum absolute atomic E-state index is 10.3. The van der Waals surface area contributed by atoms with E-state index in [0.717, 1.165) is 12.8 Å². The Morgan fingerprint density at radius 2 is 2.30 bits per heavy atom. The van der Waals surface area contributed by atoms with E-state index in [2.05, 4.69) is 11.3 Å². The molecule has 0 bridgehead atoms. The molecule has 0 aromatic carbocycles. The van der Waals surface area contributed by atoms with Crippen LogP contribution in [0.2, 0.25) is 0 Å². The van der Waals surface area contributed by atoms with Crippen molar-refractivity contribution in [3.05, 3.63) is 12.7 Å². The number of carbonyl (C=O) groups is 1. The zero-order valence-electron chi connectivity index (χ0n) is 6.72. The van der Waals surface area contributed by atoms with Gasteiger partial charge in [-0.25, -0.2) is 4.79 Å². The van der Waals surface area contributed by atoms with E-state index < -0.39 is 0 Å². The molecule has 0 fully saturated rings. The molecule has 0 saturated heterocycles. The normalized spacial score (nSPS) is 7.70. The molecule has 1 radical (unpaired) electrons. The molecule has 0 aliphatic rings. The average molecular weight is 151 g/mol. The molecule has 0 spiro atoms. The van der Waals surface area contributed by atoms with Crippen LogP contribution in [0.15, 0.2) is 12.7 Å². The molecule has 2 nitrogen and oxygen atoms in total. The molecule has 10 heavy (non-hydrogen) atoms. The van der Waals surface area contributed by atoms with Gasteiger partial charge in [0.05, 0.1) is 6.61 Å². The number of hydrogen-bond donors (Lipinski definition) is 0. The molecule has 0 aliphatic carbocycles. The Kier molecular flexibility index (Phi) is 11.8. The SMILES string of the molecule is C=CC(=O)OCCCC.[Na]. The van der Waals surface area contributed by atoms with Crippen molar-refractivity contribution in [2.75, 3.05) is 6.61 Å². The Bertz CT molecular complexity index is 102. The summed E-state index contributed by atoms with van der Waals surface area (Å²) in [6.45, 7) is 5.82. The zero-order chi connectivity index (χ0) is 7.11. The van der Waals surface area contributed by atoms with Gasteiger partial charge < -0.3 is 4.74 Å². The number of unbranched alkanes of at least 4 members (excludes halogenated alkanes) is 1. The van der Waals surface area contributed by atoms with Crippen LogP contribution in [0, 0.1) is 0 Å². The molecule has 0 saturated carbocycles. The van der Waals surface area contributed by atoms with Crippen molar-refractivity contribution in [1.29, 1.82) is 0 Å². The molecule has 53 valence electrons. The third-order valence-corrected chi connectivity index (χ3v) is 0.909. The average Bonchev–Trinajstić information content (AvgIpc) is 1.89. The molecule has 0 amide bonds. The van der Waals surface area contributed by atoms with Gasteiger partial charge in [0.15, 0.2) is 0 Å². The summed E-state index contributed by atoms with van der Waals surface area (Å²) >= 11 is 0. The van der Waals surface area contributed by atoms with E-state index in [0.29, 0.717) is 6.61 Å². The van der Waals surface area contributed by atoms with Crippen molar-refractivity contribution in [3.63, 3.8) is 0 Å². The van der Waals surface area contributed by atoms with Crippen molar-refractivity contribution >= 4 is 35.5 Å². The summed E-state index contributed by atoms with van der Waals surface area (Å²) in [6.07, 6.45) is 3.15. The summed E-state index contributed by atoms with van der Waals surface area (Å²) in [5.41, 5.74) is 0. The van der Waals surface area contributed by atoms with Gasteiger partial charge in [0.25, 0.3) is 0 Å². The van der Waals surface area contributed by atoms with Crippen molar-refractivity contribution < 1.29 is 9.53 Å². The van der Waals surface area contributed by atoms with Gasteiger partial charge in [0.1, 0.15) is 0 Å². The Hall–Kier alpha value is 0.210. The number of ether oxygens (including phenoxy) is 1. The van der Waals surface area contributed by atoms with Crippen LogP contribution in [-0.4, -0.2) is 42.1 Å². The van der Waals surface area contributed by atoms with Crippen LogP contribution in [-0.2, 0) is 9.53 Å². The van der Waals surface area contributed by atoms with E-state index in [4.69, 9.17) is 0 Å². The Morgan fingerprint density at radius 3 is 2.70 bits per heavy atom. The molecule has 0 heterocycles. The summed E-state index contributed by atoms with van der Waals surface area (Å²) in [5, 5.41) is 0. The second kappa shape index (κ2) is 9.21. The third-order valence-electron chi connectivity index (χ3n) is 0.909. The fourth-order valence-corrected chi connectivity index (χ4v) is 0.376. The molecule has 0 aromatic heterocycles. The Morgan fingerprint density at radius 1 is 1.70 bits per heavy atom. The van der Waals surface area contributed by atoms with Gasteiger partial charge >= 0.3 is 5.97 Å².